The van der Waals surface area contributed by atoms with Gasteiger partial charge in [0, 0.05) is 6.54 Å². The van der Waals surface area contributed by atoms with E-state index in [-0.39, 0.29) is 18.1 Å². The van der Waals surface area contributed by atoms with E-state index in [1.54, 1.807) is 0 Å². The van der Waals surface area contributed by atoms with Crippen molar-refractivity contribution in [1.82, 2.24) is 4.90 Å². The lowest BCUT2D eigenvalue weighted by Crippen LogP contribution is -2.52. The first kappa shape index (κ1) is 12.7. The molecule has 0 bridgehead atoms. The van der Waals surface area contributed by atoms with E-state index in [4.69, 9.17) is 4.74 Å². The molecule has 1 aromatic rings. The maximum atomic E-state index is 12.6. The van der Waals surface area contributed by atoms with Crippen LogP contribution in [0.15, 0.2) is 30.3 Å². The topological polar surface area (TPSA) is 29.5 Å². The maximum absolute atomic E-state index is 12.6. The van der Waals surface area contributed by atoms with Crippen LogP contribution in [-0.4, -0.2) is 30.1 Å². The number of hydrogen-bond acceptors (Lipinski definition) is 2. The second kappa shape index (κ2) is 5.33. The molecule has 3 nitrogen and oxygen atoms in total. The highest BCUT2D eigenvalue weighted by Gasteiger charge is 2.39. The summed E-state index contributed by atoms with van der Waals surface area (Å²) < 4.78 is 5.72. The molecule has 1 aromatic carbocycles. The molecule has 102 valence electrons. The Labute approximate surface area is 114 Å². The quantitative estimate of drug-likeness (QED) is 0.835. The van der Waals surface area contributed by atoms with E-state index in [0.717, 1.165) is 12.8 Å². The second-order valence-electron chi connectivity index (χ2n) is 5.60. The van der Waals surface area contributed by atoms with Gasteiger partial charge in [-0.05, 0) is 31.2 Å². The van der Waals surface area contributed by atoms with Crippen LogP contribution in [0.1, 0.15) is 37.8 Å². The molecule has 3 heteroatoms. The Morgan fingerprint density at radius 3 is 2.63 bits per heavy atom. The van der Waals surface area contributed by atoms with Gasteiger partial charge in [0.2, 0.25) is 0 Å². The molecule has 2 unspecified atom stereocenters. The van der Waals surface area contributed by atoms with Crippen molar-refractivity contribution < 1.29 is 9.53 Å². The Morgan fingerprint density at radius 1 is 1.26 bits per heavy atom. The van der Waals surface area contributed by atoms with Gasteiger partial charge in [-0.15, -0.1) is 0 Å². The van der Waals surface area contributed by atoms with Gasteiger partial charge in [0.15, 0.2) is 0 Å². The minimum atomic E-state index is -0.186. The lowest BCUT2D eigenvalue weighted by atomic mass is 9.80. The summed E-state index contributed by atoms with van der Waals surface area (Å²) in [6.45, 7) is 3.48. The predicted octanol–water partition coefficient (Wildman–Crippen LogP) is 2.78. The fraction of sp³-hybridized carbons (Fsp3) is 0.562. The van der Waals surface area contributed by atoms with E-state index in [2.05, 4.69) is 19.1 Å². The van der Waals surface area contributed by atoms with Gasteiger partial charge >= 0.3 is 0 Å². The lowest BCUT2D eigenvalue weighted by molar-refractivity contribution is -0.163. The summed E-state index contributed by atoms with van der Waals surface area (Å²) in [5.41, 5.74) is 1.20. The molecule has 2 fully saturated rings. The fourth-order valence-electron chi connectivity index (χ4n) is 3.00. The van der Waals surface area contributed by atoms with Crippen molar-refractivity contribution in [3.8, 4) is 0 Å². The van der Waals surface area contributed by atoms with Crippen molar-refractivity contribution >= 4 is 5.91 Å². The number of hydrogen-bond donors (Lipinski definition) is 0. The number of carbonyl (C=O) groups is 1. The number of amides is 1. The van der Waals surface area contributed by atoms with E-state index < -0.39 is 0 Å². The number of rotatable bonds is 3. The predicted molar refractivity (Wildman–Crippen MR) is 73.7 cm³/mol. The molecule has 0 N–H and O–H groups in total. The standard InChI is InChI=1S/C16H21NO2/c1-12(13-6-3-2-4-7-13)17-10-11-19-15(16(17)18)14-8-5-9-14/h2-4,6-7,12,14-15H,5,8-11H2,1H3. The van der Waals surface area contributed by atoms with Crippen LogP contribution in [0.4, 0.5) is 0 Å². The van der Waals surface area contributed by atoms with Gasteiger partial charge in [0.05, 0.1) is 12.6 Å². The number of ether oxygens (including phenoxy) is 1. The second-order valence-corrected chi connectivity index (χ2v) is 5.60. The Morgan fingerprint density at radius 2 is 2.00 bits per heavy atom. The highest BCUT2D eigenvalue weighted by atomic mass is 16.5. The minimum absolute atomic E-state index is 0.139. The molecule has 0 radical (unpaired) electrons. The zero-order valence-corrected chi connectivity index (χ0v) is 11.4. The van der Waals surface area contributed by atoms with Crippen molar-refractivity contribution in [1.29, 1.82) is 0 Å². The summed E-state index contributed by atoms with van der Waals surface area (Å²) >= 11 is 0. The van der Waals surface area contributed by atoms with Crippen molar-refractivity contribution in [2.24, 2.45) is 5.92 Å². The van der Waals surface area contributed by atoms with Crippen LogP contribution in [0.5, 0.6) is 0 Å². The molecule has 1 aliphatic carbocycles. The highest BCUT2D eigenvalue weighted by molar-refractivity contribution is 5.82. The molecular weight excluding hydrogens is 238 g/mol. The average Bonchev–Trinajstić information content (AvgIpc) is 2.39. The van der Waals surface area contributed by atoms with Gasteiger partial charge in [-0.25, -0.2) is 0 Å². The molecule has 1 saturated carbocycles. The molecule has 0 aromatic heterocycles. The van der Waals surface area contributed by atoms with Gasteiger partial charge in [-0.1, -0.05) is 36.8 Å². The SMILES string of the molecule is CC(c1ccccc1)N1CCOC(C2CCC2)C1=O. The third-order valence-corrected chi connectivity index (χ3v) is 4.48. The van der Waals surface area contributed by atoms with Crippen LogP contribution in [0, 0.1) is 5.92 Å². The summed E-state index contributed by atoms with van der Waals surface area (Å²) in [5.74, 6) is 0.644. The van der Waals surface area contributed by atoms with E-state index in [1.807, 2.05) is 23.1 Å². The molecule has 1 aliphatic heterocycles. The Balaban J connectivity index is 1.74. The molecule has 1 heterocycles. The molecule has 2 atom stereocenters. The number of morpholine rings is 1. The lowest BCUT2D eigenvalue weighted by Gasteiger charge is -2.41. The molecule has 2 aliphatic rings. The van der Waals surface area contributed by atoms with Crippen LogP contribution < -0.4 is 0 Å². The van der Waals surface area contributed by atoms with Crippen molar-refractivity contribution in [3.05, 3.63) is 35.9 Å². The molecular formula is C16H21NO2. The normalized spacial score (nSPS) is 26.1. The van der Waals surface area contributed by atoms with E-state index >= 15 is 0 Å². The first-order chi connectivity index (χ1) is 9.27. The fourth-order valence-corrected chi connectivity index (χ4v) is 3.00. The van der Waals surface area contributed by atoms with Crippen molar-refractivity contribution in [3.63, 3.8) is 0 Å². The molecule has 19 heavy (non-hydrogen) atoms. The monoisotopic (exact) mass is 259 g/mol. The van der Waals surface area contributed by atoms with Gasteiger partial charge in [-0.3, -0.25) is 4.79 Å². The van der Waals surface area contributed by atoms with Gasteiger partial charge in [0.25, 0.3) is 5.91 Å². The van der Waals surface area contributed by atoms with Crippen molar-refractivity contribution in [2.45, 2.75) is 38.3 Å². The van der Waals surface area contributed by atoms with Crippen LogP contribution in [-0.2, 0) is 9.53 Å². The summed E-state index contributed by atoms with van der Waals surface area (Å²) in [7, 11) is 0. The van der Waals surface area contributed by atoms with Gasteiger partial charge in [-0.2, -0.15) is 0 Å². The largest absolute Gasteiger partial charge is 0.366 e. The van der Waals surface area contributed by atoms with E-state index in [1.165, 1.54) is 12.0 Å². The molecule has 1 amide bonds. The number of nitrogens with zero attached hydrogens (tertiary/aromatic N) is 1. The number of benzene rings is 1. The summed E-state index contributed by atoms with van der Waals surface area (Å²) in [6.07, 6.45) is 3.34. The maximum Gasteiger partial charge on any atom is 0.252 e. The third-order valence-electron chi connectivity index (χ3n) is 4.48. The number of carbonyl (C=O) groups excluding carboxylic acids is 1. The summed E-state index contributed by atoms with van der Waals surface area (Å²) in [4.78, 5) is 14.6. The first-order valence-electron chi connectivity index (χ1n) is 7.24. The van der Waals surface area contributed by atoms with E-state index in [0.29, 0.717) is 19.1 Å². The third kappa shape index (κ3) is 2.39. The Kier molecular flexibility index (Phi) is 3.56. The minimum Gasteiger partial charge on any atom is -0.366 e. The summed E-state index contributed by atoms with van der Waals surface area (Å²) in [6, 6.07) is 10.4. The Hall–Kier alpha value is -1.35. The van der Waals surface area contributed by atoms with Gasteiger partial charge < -0.3 is 9.64 Å². The Bertz CT molecular complexity index is 441. The zero-order chi connectivity index (χ0) is 13.2. The highest BCUT2D eigenvalue weighted by Crippen LogP contribution is 2.35. The summed E-state index contributed by atoms with van der Waals surface area (Å²) in [5, 5.41) is 0. The van der Waals surface area contributed by atoms with Gasteiger partial charge in [0.1, 0.15) is 6.10 Å². The van der Waals surface area contributed by atoms with Crippen molar-refractivity contribution in [2.75, 3.05) is 13.2 Å². The van der Waals surface area contributed by atoms with Crippen LogP contribution in [0.25, 0.3) is 0 Å². The van der Waals surface area contributed by atoms with Crippen LogP contribution >= 0.6 is 0 Å². The first-order valence-corrected chi connectivity index (χ1v) is 7.24. The molecule has 3 rings (SSSR count). The molecule has 0 spiro atoms. The van der Waals surface area contributed by atoms with E-state index in [9.17, 15) is 4.79 Å². The smallest absolute Gasteiger partial charge is 0.252 e. The average molecular weight is 259 g/mol. The van der Waals surface area contributed by atoms with Crippen LogP contribution in [0.3, 0.4) is 0 Å². The zero-order valence-electron chi connectivity index (χ0n) is 11.4. The molecule has 1 saturated heterocycles. The van der Waals surface area contributed by atoms with Crippen LogP contribution in [0.2, 0.25) is 0 Å².